The number of nitrogens with zero attached hydrogens (tertiary/aromatic N) is 2. The smallest absolute Gasteiger partial charge is 0.257 e. The minimum Gasteiger partial charge on any atom is -0.472 e. The molecular formula is C18H30N2O3. The van der Waals surface area contributed by atoms with Gasteiger partial charge in [0, 0.05) is 32.1 Å². The highest BCUT2D eigenvalue weighted by atomic mass is 16.3. The number of hydrogen-bond donors (Lipinski definition) is 0. The van der Waals surface area contributed by atoms with E-state index in [9.17, 15) is 9.59 Å². The lowest BCUT2D eigenvalue weighted by Gasteiger charge is -2.29. The van der Waals surface area contributed by atoms with Crippen LogP contribution in [0, 0.1) is 0 Å². The second-order valence-corrected chi connectivity index (χ2v) is 5.90. The molecule has 1 rings (SSSR count). The zero-order chi connectivity index (χ0) is 17.2. The van der Waals surface area contributed by atoms with Crippen LogP contribution >= 0.6 is 0 Å². The zero-order valence-corrected chi connectivity index (χ0v) is 14.9. The van der Waals surface area contributed by atoms with Crippen molar-refractivity contribution >= 4 is 11.8 Å². The highest BCUT2D eigenvalue weighted by Crippen LogP contribution is 2.13. The number of carbonyl (C=O) groups is 2. The van der Waals surface area contributed by atoms with Crippen molar-refractivity contribution in [2.75, 3.05) is 19.6 Å². The summed E-state index contributed by atoms with van der Waals surface area (Å²) in [6.45, 7) is 10.2. The first-order chi connectivity index (χ1) is 11.0. The van der Waals surface area contributed by atoms with E-state index in [0.29, 0.717) is 18.5 Å². The molecule has 23 heavy (non-hydrogen) atoms. The van der Waals surface area contributed by atoms with Crippen LogP contribution in [-0.2, 0) is 4.79 Å². The third-order valence-corrected chi connectivity index (χ3v) is 4.06. The molecule has 5 heteroatoms. The summed E-state index contributed by atoms with van der Waals surface area (Å²) in [6.07, 6.45) is 6.08. The monoisotopic (exact) mass is 322 g/mol. The Bertz CT molecular complexity index is 465. The molecule has 0 bridgehead atoms. The van der Waals surface area contributed by atoms with Crippen molar-refractivity contribution in [2.24, 2.45) is 0 Å². The summed E-state index contributed by atoms with van der Waals surface area (Å²) < 4.78 is 5.00. The van der Waals surface area contributed by atoms with Gasteiger partial charge in [-0.3, -0.25) is 9.59 Å². The van der Waals surface area contributed by atoms with Crippen molar-refractivity contribution in [1.82, 2.24) is 9.80 Å². The van der Waals surface area contributed by atoms with Gasteiger partial charge in [0.25, 0.3) is 5.91 Å². The van der Waals surface area contributed by atoms with Crippen molar-refractivity contribution in [3.05, 3.63) is 24.2 Å². The Morgan fingerprint density at radius 2 is 1.78 bits per heavy atom. The van der Waals surface area contributed by atoms with Gasteiger partial charge in [0.15, 0.2) is 0 Å². The van der Waals surface area contributed by atoms with E-state index in [1.807, 2.05) is 18.7 Å². The second kappa shape index (κ2) is 10.1. The van der Waals surface area contributed by atoms with Crippen molar-refractivity contribution in [2.45, 2.75) is 59.4 Å². The van der Waals surface area contributed by atoms with Crippen LogP contribution in [0.15, 0.2) is 23.0 Å². The average Bonchev–Trinajstić information content (AvgIpc) is 3.08. The predicted molar refractivity (Wildman–Crippen MR) is 91.3 cm³/mol. The standard InChI is InChI=1S/C18H30N2O3/c1-5-10-19(11-6-2)17(21)8-12-20(15(4)7-3)18(22)16-9-13-23-14-16/h9,13-15H,5-8,10-12H2,1-4H3/t15-/m0/s1. The lowest BCUT2D eigenvalue weighted by Crippen LogP contribution is -2.41. The summed E-state index contributed by atoms with van der Waals surface area (Å²) in [5.74, 6) is 0.0560. The SMILES string of the molecule is CCCN(CCC)C(=O)CCN(C(=O)c1ccoc1)[C@@H](C)CC. The van der Waals surface area contributed by atoms with Crippen LogP contribution in [-0.4, -0.2) is 47.3 Å². The molecule has 130 valence electrons. The largest absolute Gasteiger partial charge is 0.472 e. The molecule has 5 nitrogen and oxygen atoms in total. The Labute approximate surface area is 139 Å². The van der Waals surface area contributed by atoms with E-state index in [1.54, 1.807) is 11.0 Å². The zero-order valence-electron chi connectivity index (χ0n) is 14.9. The van der Waals surface area contributed by atoms with E-state index < -0.39 is 0 Å². The maximum absolute atomic E-state index is 12.6. The molecule has 0 saturated carbocycles. The molecule has 1 aromatic rings. The fourth-order valence-corrected chi connectivity index (χ4v) is 2.57. The predicted octanol–water partition coefficient (Wildman–Crippen LogP) is 3.56. The van der Waals surface area contributed by atoms with Gasteiger partial charge < -0.3 is 14.2 Å². The van der Waals surface area contributed by atoms with Gasteiger partial charge in [0.1, 0.15) is 6.26 Å². The molecule has 0 aliphatic carbocycles. The van der Waals surface area contributed by atoms with Crippen LogP contribution in [0.5, 0.6) is 0 Å². The van der Waals surface area contributed by atoms with E-state index in [4.69, 9.17) is 4.42 Å². The Morgan fingerprint density at radius 3 is 2.26 bits per heavy atom. The van der Waals surface area contributed by atoms with Crippen LogP contribution in [0.25, 0.3) is 0 Å². The number of hydrogen-bond acceptors (Lipinski definition) is 3. The Balaban J connectivity index is 2.70. The third-order valence-electron chi connectivity index (χ3n) is 4.06. The molecule has 0 N–H and O–H groups in total. The molecule has 0 radical (unpaired) electrons. The van der Waals surface area contributed by atoms with Gasteiger partial charge in [-0.25, -0.2) is 0 Å². The van der Waals surface area contributed by atoms with Gasteiger partial charge in [-0.05, 0) is 32.3 Å². The molecule has 0 spiro atoms. The van der Waals surface area contributed by atoms with Crippen LogP contribution in [0.4, 0.5) is 0 Å². The summed E-state index contributed by atoms with van der Waals surface area (Å²) in [5, 5.41) is 0. The van der Waals surface area contributed by atoms with Gasteiger partial charge in [0.2, 0.25) is 5.91 Å². The Morgan fingerprint density at radius 1 is 1.13 bits per heavy atom. The molecule has 0 unspecified atom stereocenters. The Hall–Kier alpha value is -1.78. The molecule has 0 aliphatic heterocycles. The summed E-state index contributed by atoms with van der Waals surface area (Å²) in [5.41, 5.74) is 0.539. The maximum Gasteiger partial charge on any atom is 0.257 e. The summed E-state index contributed by atoms with van der Waals surface area (Å²) in [4.78, 5) is 28.7. The first-order valence-corrected chi connectivity index (χ1v) is 8.65. The van der Waals surface area contributed by atoms with Crippen molar-refractivity contribution in [3.8, 4) is 0 Å². The first kappa shape index (κ1) is 19.3. The fraction of sp³-hybridized carbons (Fsp3) is 0.667. The molecular weight excluding hydrogens is 292 g/mol. The minimum absolute atomic E-state index is 0.0709. The van der Waals surface area contributed by atoms with E-state index >= 15 is 0 Å². The molecule has 0 fully saturated rings. The molecule has 1 heterocycles. The molecule has 0 saturated heterocycles. The Kier molecular flexibility index (Phi) is 8.45. The van der Waals surface area contributed by atoms with Crippen molar-refractivity contribution in [1.29, 1.82) is 0 Å². The van der Waals surface area contributed by atoms with Crippen LogP contribution in [0.1, 0.15) is 63.7 Å². The van der Waals surface area contributed by atoms with Crippen LogP contribution in [0.2, 0.25) is 0 Å². The summed E-state index contributed by atoms with van der Waals surface area (Å²) in [6, 6.07) is 1.76. The molecule has 2 amide bonds. The highest BCUT2D eigenvalue weighted by molar-refractivity contribution is 5.94. The van der Waals surface area contributed by atoms with Crippen LogP contribution in [0.3, 0.4) is 0 Å². The minimum atomic E-state index is -0.0709. The summed E-state index contributed by atoms with van der Waals surface area (Å²) in [7, 11) is 0. The van der Waals surface area contributed by atoms with Crippen molar-refractivity contribution in [3.63, 3.8) is 0 Å². The van der Waals surface area contributed by atoms with Gasteiger partial charge in [-0.15, -0.1) is 0 Å². The lowest BCUT2D eigenvalue weighted by atomic mass is 10.1. The third kappa shape index (κ3) is 5.73. The number of furan rings is 1. The van der Waals surface area contributed by atoms with Gasteiger partial charge in [0.05, 0.1) is 11.8 Å². The first-order valence-electron chi connectivity index (χ1n) is 8.65. The average molecular weight is 322 g/mol. The quantitative estimate of drug-likeness (QED) is 0.662. The van der Waals surface area contributed by atoms with Crippen molar-refractivity contribution < 1.29 is 14.0 Å². The maximum atomic E-state index is 12.6. The lowest BCUT2D eigenvalue weighted by molar-refractivity contribution is -0.131. The van der Waals surface area contributed by atoms with E-state index in [0.717, 1.165) is 32.4 Å². The van der Waals surface area contributed by atoms with E-state index in [-0.39, 0.29) is 17.9 Å². The fourth-order valence-electron chi connectivity index (χ4n) is 2.57. The summed E-state index contributed by atoms with van der Waals surface area (Å²) >= 11 is 0. The number of amides is 2. The van der Waals surface area contributed by atoms with E-state index in [2.05, 4.69) is 13.8 Å². The normalized spacial score (nSPS) is 12.0. The van der Waals surface area contributed by atoms with Gasteiger partial charge in [-0.1, -0.05) is 20.8 Å². The van der Waals surface area contributed by atoms with Gasteiger partial charge in [-0.2, -0.15) is 0 Å². The van der Waals surface area contributed by atoms with Crippen LogP contribution < -0.4 is 0 Å². The molecule has 0 aromatic carbocycles. The van der Waals surface area contributed by atoms with E-state index in [1.165, 1.54) is 12.5 Å². The molecule has 1 atom stereocenters. The molecule has 1 aromatic heterocycles. The molecule has 0 aliphatic rings. The number of carbonyl (C=O) groups excluding carboxylic acids is 2. The second-order valence-electron chi connectivity index (χ2n) is 5.90. The highest BCUT2D eigenvalue weighted by Gasteiger charge is 2.23. The number of rotatable bonds is 10. The topological polar surface area (TPSA) is 53.8 Å². The van der Waals surface area contributed by atoms with Gasteiger partial charge >= 0.3 is 0 Å².